The Morgan fingerprint density at radius 1 is 1.46 bits per heavy atom. The Hall–Kier alpha value is -0.940. The number of rotatable bonds is 3. The maximum atomic E-state index is 11.8. The van der Waals surface area contributed by atoms with E-state index in [0.29, 0.717) is 6.54 Å². The van der Waals surface area contributed by atoms with E-state index in [0.717, 1.165) is 0 Å². The maximum absolute atomic E-state index is 11.8. The molecule has 0 aromatic rings. The van der Waals surface area contributed by atoms with Gasteiger partial charge in [0.2, 0.25) is 0 Å². The van der Waals surface area contributed by atoms with E-state index in [1.807, 2.05) is 0 Å². The van der Waals surface area contributed by atoms with Gasteiger partial charge in [-0.25, -0.2) is 4.79 Å². The number of carbonyl (C=O) groups is 1. The number of hydrogen-bond donors (Lipinski definition) is 2. The molecule has 2 N–H and O–H groups in total. The van der Waals surface area contributed by atoms with Gasteiger partial charge in [0.15, 0.2) is 0 Å². The van der Waals surface area contributed by atoms with Gasteiger partial charge in [-0.1, -0.05) is 0 Å². The highest BCUT2D eigenvalue weighted by Crippen LogP contribution is 2.21. The highest BCUT2D eigenvalue weighted by Gasteiger charge is 2.30. The highest BCUT2D eigenvalue weighted by molar-refractivity contribution is 5.74. The molecule has 0 saturated carbocycles. The zero-order valence-corrected chi connectivity index (χ0v) is 7.53. The van der Waals surface area contributed by atoms with Crippen molar-refractivity contribution in [3.05, 3.63) is 0 Å². The second kappa shape index (κ2) is 4.94. The van der Waals surface area contributed by atoms with E-state index in [-0.39, 0.29) is 0 Å². The van der Waals surface area contributed by atoms with Gasteiger partial charge in [-0.05, 0) is 13.8 Å². The monoisotopic (exact) mass is 198 g/mol. The normalized spacial score (nSPS) is 13.6. The van der Waals surface area contributed by atoms with Gasteiger partial charge in [0.1, 0.15) is 0 Å². The van der Waals surface area contributed by atoms with Gasteiger partial charge in [-0.2, -0.15) is 13.2 Å². The Balaban J connectivity index is 3.74. The Morgan fingerprint density at radius 3 is 2.38 bits per heavy atom. The second-order valence-electron chi connectivity index (χ2n) is 2.72. The number of alkyl halides is 3. The average molecular weight is 198 g/mol. The molecular formula is C7H13F3N2O. The van der Waals surface area contributed by atoms with Crippen LogP contribution in [-0.2, 0) is 0 Å². The molecular weight excluding hydrogens is 185 g/mol. The third-order valence-corrected chi connectivity index (χ3v) is 1.25. The van der Waals surface area contributed by atoms with Crippen molar-refractivity contribution >= 4 is 6.03 Å². The van der Waals surface area contributed by atoms with Crippen LogP contribution in [0.3, 0.4) is 0 Å². The first-order chi connectivity index (χ1) is 5.85. The molecule has 0 radical (unpaired) electrons. The van der Waals surface area contributed by atoms with Crippen LogP contribution in [0.15, 0.2) is 0 Å². The standard InChI is InChI=1S/C7H13F3N2O/c1-3-11-6(13)12-5(2)4-7(8,9)10/h5H,3-4H2,1-2H3,(H2,11,12,13). The fourth-order valence-electron chi connectivity index (χ4n) is 0.834. The van der Waals surface area contributed by atoms with Crippen molar-refractivity contribution in [1.29, 1.82) is 0 Å². The van der Waals surface area contributed by atoms with Crippen molar-refractivity contribution in [1.82, 2.24) is 10.6 Å². The summed E-state index contributed by atoms with van der Waals surface area (Å²) in [7, 11) is 0. The molecule has 0 aromatic heterocycles. The predicted molar refractivity (Wildman–Crippen MR) is 42.3 cm³/mol. The van der Waals surface area contributed by atoms with Crippen molar-refractivity contribution in [2.45, 2.75) is 32.5 Å². The number of halogens is 3. The van der Waals surface area contributed by atoms with Crippen LogP contribution in [0.2, 0.25) is 0 Å². The Labute approximate surface area is 74.7 Å². The van der Waals surface area contributed by atoms with E-state index in [9.17, 15) is 18.0 Å². The lowest BCUT2D eigenvalue weighted by atomic mass is 10.2. The van der Waals surface area contributed by atoms with Crippen molar-refractivity contribution in [3.63, 3.8) is 0 Å². The highest BCUT2D eigenvalue weighted by atomic mass is 19.4. The summed E-state index contributed by atoms with van der Waals surface area (Å²) in [6.45, 7) is 3.39. The molecule has 6 heteroatoms. The summed E-state index contributed by atoms with van der Waals surface area (Å²) >= 11 is 0. The lowest BCUT2D eigenvalue weighted by molar-refractivity contribution is -0.138. The lowest BCUT2D eigenvalue weighted by Gasteiger charge is -2.15. The first-order valence-corrected chi connectivity index (χ1v) is 3.96. The summed E-state index contributed by atoms with van der Waals surface area (Å²) < 4.78 is 35.3. The summed E-state index contributed by atoms with van der Waals surface area (Å²) in [4.78, 5) is 10.7. The molecule has 1 unspecified atom stereocenters. The lowest BCUT2D eigenvalue weighted by Crippen LogP contribution is -2.42. The zero-order valence-electron chi connectivity index (χ0n) is 7.53. The van der Waals surface area contributed by atoms with Gasteiger partial charge in [0.25, 0.3) is 0 Å². The molecule has 3 nitrogen and oxygen atoms in total. The fraction of sp³-hybridized carbons (Fsp3) is 0.857. The first kappa shape index (κ1) is 12.1. The molecule has 0 spiro atoms. The molecule has 0 heterocycles. The number of nitrogens with one attached hydrogen (secondary N) is 2. The van der Waals surface area contributed by atoms with Crippen LogP contribution in [0.5, 0.6) is 0 Å². The summed E-state index contributed by atoms with van der Waals surface area (Å²) in [6.07, 6.45) is -5.25. The minimum Gasteiger partial charge on any atom is -0.338 e. The second-order valence-corrected chi connectivity index (χ2v) is 2.72. The number of urea groups is 1. The Morgan fingerprint density at radius 2 is 2.00 bits per heavy atom. The summed E-state index contributed by atoms with van der Waals surface area (Å²) in [5.74, 6) is 0. The van der Waals surface area contributed by atoms with Crippen LogP contribution in [-0.4, -0.2) is 24.8 Å². The third kappa shape index (κ3) is 7.42. The minimum absolute atomic E-state index is 0.393. The Bertz CT molecular complexity index is 170. The SMILES string of the molecule is CCNC(=O)NC(C)CC(F)(F)F. The number of hydrogen-bond acceptors (Lipinski definition) is 1. The van der Waals surface area contributed by atoms with E-state index in [1.54, 1.807) is 6.92 Å². The van der Waals surface area contributed by atoms with E-state index >= 15 is 0 Å². The maximum Gasteiger partial charge on any atom is 0.391 e. The van der Waals surface area contributed by atoms with E-state index in [1.165, 1.54) is 6.92 Å². The van der Waals surface area contributed by atoms with E-state index in [4.69, 9.17) is 0 Å². The predicted octanol–water partition coefficient (Wildman–Crippen LogP) is 1.65. The van der Waals surface area contributed by atoms with Crippen LogP contribution < -0.4 is 10.6 Å². The van der Waals surface area contributed by atoms with Crippen LogP contribution in [0.1, 0.15) is 20.3 Å². The molecule has 0 fully saturated rings. The summed E-state index contributed by atoms with van der Waals surface area (Å²) in [6, 6.07) is -1.47. The molecule has 78 valence electrons. The van der Waals surface area contributed by atoms with Crippen molar-refractivity contribution in [2.75, 3.05) is 6.54 Å². The average Bonchev–Trinajstić information content (AvgIpc) is 1.81. The van der Waals surface area contributed by atoms with Gasteiger partial charge < -0.3 is 10.6 Å². The van der Waals surface area contributed by atoms with Crippen molar-refractivity contribution in [3.8, 4) is 0 Å². The zero-order chi connectivity index (χ0) is 10.5. The summed E-state index contributed by atoms with van der Waals surface area (Å²) in [5, 5.41) is 4.51. The van der Waals surface area contributed by atoms with Gasteiger partial charge in [0.05, 0.1) is 6.42 Å². The quantitative estimate of drug-likeness (QED) is 0.711. The van der Waals surface area contributed by atoms with Gasteiger partial charge in [-0.15, -0.1) is 0 Å². The minimum atomic E-state index is -4.24. The molecule has 0 rings (SSSR count). The molecule has 0 aromatic carbocycles. The van der Waals surface area contributed by atoms with Gasteiger partial charge in [-0.3, -0.25) is 0 Å². The molecule has 13 heavy (non-hydrogen) atoms. The van der Waals surface area contributed by atoms with Crippen LogP contribution in [0.4, 0.5) is 18.0 Å². The molecule has 0 bridgehead atoms. The number of amides is 2. The molecule has 0 aliphatic heterocycles. The molecule has 0 saturated heterocycles. The smallest absolute Gasteiger partial charge is 0.338 e. The molecule has 0 aliphatic rings. The van der Waals surface area contributed by atoms with Gasteiger partial charge >= 0.3 is 12.2 Å². The topological polar surface area (TPSA) is 41.1 Å². The molecule has 1 atom stereocenters. The van der Waals surface area contributed by atoms with E-state index in [2.05, 4.69) is 10.6 Å². The molecule has 0 aliphatic carbocycles. The van der Waals surface area contributed by atoms with Crippen molar-refractivity contribution in [2.24, 2.45) is 0 Å². The van der Waals surface area contributed by atoms with Crippen LogP contribution in [0, 0.1) is 0 Å². The van der Waals surface area contributed by atoms with Crippen molar-refractivity contribution < 1.29 is 18.0 Å². The van der Waals surface area contributed by atoms with Crippen LogP contribution in [0.25, 0.3) is 0 Å². The summed E-state index contributed by atoms with van der Waals surface area (Å²) in [5.41, 5.74) is 0. The first-order valence-electron chi connectivity index (χ1n) is 3.96. The number of carbonyl (C=O) groups excluding carboxylic acids is 1. The Kier molecular flexibility index (Phi) is 4.58. The van der Waals surface area contributed by atoms with E-state index < -0.39 is 24.7 Å². The van der Waals surface area contributed by atoms with Crippen LogP contribution >= 0.6 is 0 Å². The fourth-order valence-corrected chi connectivity index (χ4v) is 0.834. The largest absolute Gasteiger partial charge is 0.391 e. The third-order valence-electron chi connectivity index (χ3n) is 1.25. The van der Waals surface area contributed by atoms with Gasteiger partial charge in [0, 0.05) is 12.6 Å². The molecule has 2 amide bonds.